The number of carbonyl (C=O) groups is 3. The van der Waals surface area contributed by atoms with E-state index in [1.54, 1.807) is 0 Å². The zero-order valence-electron chi connectivity index (χ0n) is 12.2. The zero-order valence-corrected chi connectivity index (χ0v) is 14.6. The first-order valence-electron chi connectivity index (χ1n) is 6.66. The fraction of sp³-hybridized carbons (Fsp3) is 0.143. The summed E-state index contributed by atoms with van der Waals surface area (Å²) in [7, 11) is 0. The number of halogens is 4. The van der Waals surface area contributed by atoms with Crippen molar-refractivity contribution in [1.29, 1.82) is 0 Å². The largest absolute Gasteiger partial charge is 0.481 e. The summed E-state index contributed by atoms with van der Waals surface area (Å²) in [6.07, 6.45) is -0.814. The molecule has 0 aliphatic heterocycles. The standard InChI is InChI=1S/C14H9BrClF2N3O4/c15-11-12(14(25)19-8-2-1-6(17)5-7(8)18)20-21(13(11)16)9(22)3-4-10(23)24/h1-2,5H,3-4H2,(H,19,25)(H,23,24). The van der Waals surface area contributed by atoms with Gasteiger partial charge >= 0.3 is 5.97 Å². The van der Waals surface area contributed by atoms with Gasteiger partial charge in [0.2, 0.25) is 5.91 Å². The number of benzene rings is 1. The molecule has 1 aromatic carbocycles. The Bertz CT molecular complexity index is 872. The van der Waals surface area contributed by atoms with Crippen molar-refractivity contribution in [3.05, 3.63) is 45.2 Å². The number of nitrogens with one attached hydrogen (secondary N) is 1. The molecule has 0 aliphatic carbocycles. The molecule has 0 spiro atoms. The topological polar surface area (TPSA) is 101 Å². The molecule has 1 heterocycles. The highest BCUT2D eigenvalue weighted by atomic mass is 79.9. The number of hydrogen-bond acceptors (Lipinski definition) is 4. The molecule has 0 fully saturated rings. The van der Waals surface area contributed by atoms with Gasteiger partial charge in [0.15, 0.2) is 10.8 Å². The molecule has 0 radical (unpaired) electrons. The van der Waals surface area contributed by atoms with Crippen molar-refractivity contribution < 1.29 is 28.3 Å². The van der Waals surface area contributed by atoms with E-state index >= 15 is 0 Å². The van der Waals surface area contributed by atoms with Gasteiger partial charge in [-0.3, -0.25) is 14.4 Å². The van der Waals surface area contributed by atoms with Crippen LogP contribution in [0.3, 0.4) is 0 Å². The van der Waals surface area contributed by atoms with E-state index in [2.05, 4.69) is 26.3 Å². The molecule has 0 aliphatic rings. The van der Waals surface area contributed by atoms with Crippen LogP contribution >= 0.6 is 27.5 Å². The summed E-state index contributed by atoms with van der Waals surface area (Å²) in [6, 6.07) is 2.56. The van der Waals surface area contributed by atoms with Crippen LogP contribution in [-0.4, -0.2) is 32.7 Å². The van der Waals surface area contributed by atoms with Crippen LogP contribution < -0.4 is 5.32 Å². The summed E-state index contributed by atoms with van der Waals surface area (Å²) in [6.45, 7) is 0. The number of amides is 1. The van der Waals surface area contributed by atoms with Gasteiger partial charge in [-0.25, -0.2) is 8.78 Å². The maximum atomic E-state index is 13.6. The van der Waals surface area contributed by atoms with Crippen LogP contribution in [-0.2, 0) is 4.79 Å². The molecule has 0 bridgehead atoms. The van der Waals surface area contributed by atoms with Gasteiger partial charge in [0, 0.05) is 12.5 Å². The highest BCUT2D eigenvalue weighted by Gasteiger charge is 2.24. The normalized spacial score (nSPS) is 10.6. The fourth-order valence-corrected chi connectivity index (χ4v) is 2.43. The van der Waals surface area contributed by atoms with E-state index in [-0.39, 0.29) is 27.4 Å². The SMILES string of the molecule is O=C(O)CCC(=O)n1nc(C(=O)Nc2ccc(F)cc2F)c(Br)c1Cl. The van der Waals surface area contributed by atoms with Crippen LogP contribution in [0.15, 0.2) is 22.7 Å². The van der Waals surface area contributed by atoms with Crippen LogP contribution in [0, 0.1) is 11.6 Å². The van der Waals surface area contributed by atoms with Crippen LogP contribution in [0.4, 0.5) is 14.5 Å². The molecule has 25 heavy (non-hydrogen) atoms. The lowest BCUT2D eigenvalue weighted by Crippen LogP contribution is -2.17. The van der Waals surface area contributed by atoms with Gasteiger partial charge in [-0.15, -0.1) is 0 Å². The van der Waals surface area contributed by atoms with Crippen molar-refractivity contribution in [2.24, 2.45) is 0 Å². The Morgan fingerprint density at radius 3 is 2.56 bits per heavy atom. The Labute approximate surface area is 152 Å². The van der Waals surface area contributed by atoms with Gasteiger partial charge in [-0.2, -0.15) is 9.78 Å². The number of carboxylic acids is 1. The van der Waals surface area contributed by atoms with E-state index in [1.807, 2.05) is 0 Å². The van der Waals surface area contributed by atoms with E-state index in [9.17, 15) is 23.2 Å². The second-order valence-electron chi connectivity index (χ2n) is 4.73. The van der Waals surface area contributed by atoms with Crippen LogP contribution in [0.5, 0.6) is 0 Å². The molecule has 2 N–H and O–H groups in total. The lowest BCUT2D eigenvalue weighted by Gasteiger charge is -2.04. The summed E-state index contributed by atoms with van der Waals surface area (Å²) < 4.78 is 27.1. The Hall–Kier alpha value is -2.33. The molecule has 0 unspecified atom stereocenters. The van der Waals surface area contributed by atoms with Crippen LogP contribution in [0.2, 0.25) is 5.15 Å². The maximum absolute atomic E-state index is 13.6. The first-order chi connectivity index (χ1) is 11.7. The van der Waals surface area contributed by atoms with Crippen molar-refractivity contribution in [2.75, 3.05) is 5.32 Å². The lowest BCUT2D eigenvalue weighted by atomic mass is 10.3. The molecule has 1 amide bonds. The number of anilines is 1. The molecular formula is C14H9BrClF2N3O4. The monoisotopic (exact) mass is 435 g/mol. The van der Waals surface area contributed by atoms with Gasteiger partial charge in [0.1, 0.15) is 11.6 Å². The van der Waals surface area contributed by atoms with E-state index in [0.29, 0.717) is 10.7 Å². The summed E-state index contributed by atoms with van der Waals surface area (Å²) in [5, 5.41) is 14.2. The molecule has 11 heteroatoms. The molecule has 0 saturated heterocycles. The van der Waals surface area contributed by atoms with Crippen LogP contribution in [0.25, 0.3) is 0 Å². The summed E-state index contributed by atoms with van der Waals surface area (Å²) in [4.78, 5) is 34.6. The highest BCUT2D eigenvalue weighted by molar-refractivity contribution is 9.10. The minimum absolute atomic E-state index is 0.0298. The molecule has 2 aromatic rings. The van der Waals surface area contributed by atoms with Gasteiger partial charge < -0.3 is 10.4 Å². The number of aromatic nitrogens is 2. The van der Waals surface area contributed by atoms with E-state index in [1.165, 1.54) is 0 Å². The first-order valence-corrected chi connectivity index (χ1v) is 7.83. The van der Waals surface area contributed by atoms with Crippen molar-refractivity contribution in [3.8, 4) is 0 Å². The Morgan fingerprint density at radius 1 is 1.28 bits per heavy atom. The minimum atomic E-state index is -1.18. The highest BCUT2D eigenvalue weighted by Crippen LogP contribution is 2.27. The minimum Gasteiger partial charge on any atom is -0.481 e. The molecular weight excluding hydrogens is 428 g/mol. The van der Waals surface area contributed by atoms with E-state index in [4.69, 9.17) is 16.7 Å². The van der Waals surface area contributed by atoms with Crippen molar-refractivity contribution in [1.82, 2.24) is 9.78 Å². The zero-order chi connectivity index (χ0) is 18.7. The van der Waals surface area contributed by atoms with Crippen LogP contribution in [0.1, 0.15) is 28.1 Å². The number of carbonyl (C=O) groups excluding carboxylic acids is 2. The third kappa shape index (κ3) is 4.40. The predicted molar refractivity (Wildman–Crippen MR) is 86.7 cm³/mol. The quantitative estimate of drug-likeness (QED) is 0.749. The molecule has 2 rings (SSSR count). The van der Waals surface area contributed by atoms with Crippen molar-refractivity contribution in [2.45, 2.75) is 12.8 Å². The molecule has 7 nitrogen and oxygen atoms in total. The van der Waals surface area contributed by atoms with Gasteiger partial charge in [-0.1, -0.05) is 11.6 Å². The third-order valence-electron chi connectivity index (χ3n) is 2.96. The first kappa shape index (κ1) is 19.0. The summed E-state index contributed by atoms with van der Waals surface area (Å²) >= 11 is 8.90. The molecule has 1 aromatic heterocycles. The maximum Gasteiger partial charge on any atom is 0.303 e. The average molecular weight is 437 g/mol. The van der Waals surface area contributed by atoms with Gasteiger partial charge in [0.25, 0.3) is 5.91 Å². The number of aliphatic carboxylic acids is 1. The van der Waals surface area contributed by atoms with E-state index in [0.717, 1.165) is 12.1 Å². The smallest absolute Gasteiger partial charge is 0.303 e. The molecule has 0 saturated carbocycles. The Morgan fingerprint density at radius 2 is 1.96 bits per heavy atom. The molecule has 132 valence electrons. The lowest BCUT2D eigenvalue weighted by molar-refractivity contribution is -0.137. The van der Waals surface area contributed by atoms with E-state index < -0.39 is 35.8 Å². The number of hydrogen-bond donors (Lipinski definition) is 2. The van der Waals surface area contributed by atoms with Crippen molar-refractivity contribution in [3.63, 3.8) is 0 Å². The van der Waals surface area contributed by atoms with Gasteiger partial charge in [-0.05, 0) is 28.1 Å². The summed E-state index contributed by atoms with van der Waals surface area (Å²) in [5.74, 6) is -4.62. The predicted octanol–water partition coefficient (Wildman–Crippen LogP) is 3.33. The number of rotatable bonds is 5. The Kier molecular flexibility index (Phi) is 5.85. The van der Waals surface area contributed by atoms with Gasteiger partial charge in [0.05, 0.1) is 16.6 Å². The average Bonchev–Trinajstić information content (AvgIpc) is 2.84. The summed E-state index contributed by atoms with van der Waals surface area (Å²) in [5.41, 5.74) is -0.612. The van der Waals surface area contributed by atoms with Crippen molar-refractivity contribution >= 4 is 51.0 Å². The second-order valence-corrected chi connectivity index (χ2v) is 5.88. The number of carboxylic acid groups (broad SMARTS) is 1. The molecule has 0 atom stereocenters. The third-order valence-corrected chi connectivity index (χ3v) is 4.29. The number of nitrogens with zero attached hydrogens (tertiary/aromatic N) is 2. The Balaban J connectivity index is 2.24. The second kappa shape index (κ2) is 7.70. The fourth-order valence-electron chi connectivity index (χ4n) is 1.78.